The Morgan fingerprint density at radius 2 is 1.91 bits per heavy atom. The molecule has 1 aliphatic heterocycles. The van der Waals surface area contributed by atoms with Crippen LogP contribution in [0.15, 0.2) is 30.3 Å². The lowest BCUT2D eigenvalue weighted by molar-refractivity contribution is -0.310. The van der Waals surface area contributed by atoms with Crippen molar-refractivity contribution in [2.75, 3.05) is 6.54 Å². The van der Waals surface area contributed by atoms with Crippen LogP contribution >= 0.6 is 0 Å². The Morgan fingerprint density at radius 3 is 2.48 bits per heavy atom. The van der Waals surface area contributed by atoms with Gasteiger partial charge in [0.1, 0.15) is 6.61 Å². The molecule has 1 aliphatic rings. The zero-order valence-electron chi connectivity index (χ0n) is 13.7. The van der Waals surface area contributed by atoms with Gasteiger partial charge in [-0.3, -0.25) is 4.90 Å². The number of nitrogens with zero attached hydrogens (tertiary/aromatic N) is 1. The molecule has 1 aromatic carbocycles. The van der Waals surface area contributed by atoms with Crippen LogP contribution in [0.5, 0.6) is 0 Å². The lowest BCUT2D eigenvalue weighted by atomic mass is 10.1. The van der Waals surface area contributed by atoms with Crippen molar-refractivity contribution in [1.29, 1.82) is 0 Å². The van der Waals surface area contributed by atoms with E-state index in [1.807, 2.05) is 51.1 Å². The van der Waals surface area contributed by atoms with Crippen molar-refractivity contribution in [2.24, 2.45) is 0 Å². The largest absolute Gasteiger partial charge is 0.548 e. The summed E-state index contributed by atoms with van der Waals surface area (Å²) in [6, 6.07) is 8.20. The molecule has 2 atom stereocenters. The Kier molecular flexibility index (Phi) is 5.26. The maximum Gasteiger partial charge on any atom is 0.410 e. The van der Waals surface area contributed by atoms with E-state index in [2.05, 4.69) is 0 Å². The van der Waals surface area contributed by atoms with Crippen LogP contribution in [0, 0.1) is 0 Å². The summed E-state index contributed by atoms with van der Waals surface area (Å²) in [5.41, 5.74) is 0.429. The minimum Gasteiger partial charge on any atom is -0.548 e. The molecule has 1 heterocycles. The molecule has 23 heavy (non-hydrogen) atoms. The average Bonchev–Trinajstić information content (AvgIpc) is 2.88. The summed E-state index contributed by atoms with van der Waals surface area (Å²) in [6.07, 6.45) is -0.801. The van der Waals surface area contributed by atoms with Gasteiger partial charge < -0.3 is 19.4 Å². The third kappa shape index (κ3) is 4.96. The fraction of sp³-hybridized carbons (Fsp3) is 0.529. The Morgan fingerprint density at radius 1 is 1.26 bits per heavy atom. The second kappa shape index (κ2) is 7.00. The summed E-state index contributed by atoms with van der Waals surface area (Å²) in [7, 11) is 0. The quantitative estimate of drug-likeness (QED) is 0.836. The van der Waals surface area contributed by atoms with E-state index in [9.17, 15) is 14.7 Å². The predicted molar refractivity (Wildman–Crippen MR) is 81.4 cm³/mol. The van der Waals surface area contributed by atoms with E-state index in [0.717, 1.165) is 5.56 Å². The maximum atomic E-state index is 12.2. The molecule has 1 saturated heterocycles. The highest BCUT2D eigenvalue weighted by Crippen LogP contribution is 2.25. The Bertz CT molecular complexity index is 552. The van der Waals surface area contributed by atoms with Gasteiger partial charge in [0.25, 0.3) is 0 Å². The van der Waals surface area contributed by atoms with Gasteiger partial charge in [-0.15, -0.1) is 0 Å². The van der Waals surface area contributed by atoms with Crippen LogP contribution < -0.4 is 5.11 Å². The SMILES string of the molecule is CC(C)(C)O[C@@H]1C[C@@H](C(=O)[O-])N(C(=O)OCc2ccccc2)C1. The van der Waals surface area contributed by atoms with Crippen LogP contribution in [0.1, 0.15) is 32.8 Å². The average molecular weight is 320 g/mol. The Labute approximate surface area is 136 Å². The van der Waals surface area contributed by atoms with Gasteiger partial charge in [-0.2, -0.15) is 0 Å². The van der Waals surface area contributed by atoms with Gasteiger partial charge >= 0.3 is 6.09 Å². The van der Waals surface area contributed by atoms with Crippen molar-refractivity contribution >= 4 is 12.1 Å². The lowest BCUT2D eigenvalue weighted by Gasteiger charge is -2.25. The van der Waals surface area contributed by atoms with E-state index >= 15 is 0 Å². The monoisotopic (exact) mass is 320 g/mol. The van der Waals surface area contributed by atoms with Crippen LogP contribution in [0.4, 0.5) is 4.79 Å². The highest BCUT2D eigenvalue weighted by molar-refractivity contribution is 5.79. The molecule has 0 aromatic heterocycles. The maximum absolute atomic E-state index is 12.2. The van der Waals surface area contributed by atoms with E-state index in [1.54, 1.807) is 0 Å². The van der Waals surface area contributed by atoms with E-state index in [0.29, 0.717) is 0 Å². The number of carbonyl (C=O) groups is 2. The van der Waals surface area contributed by atoms with Gasteiger partial charge in [-0.25, -0.2) is 4.79 Å². The summed E-state index contributed by atoms with van der Waals surface area (Å²) in [4.78, 5) is 24.7. The standard InChI is InChI=1S/C17H23NO5/c1-17(2,3)23-13-9-14(15(19)20)18(10-13)16(21)22-11-12-7-5-4-6-8-12/h4-8,13-14H,9-11H2,1-3H3,(H,19,20)/p-1/t13-,14+/m1/s1. The number of amides is 1. The zero-order valence-corrected chi connectivity index (χ0v) is 13.7. The minimum absolute atomic E-state index is 0.0980. The number of ether oxygens (including phenoxy) is 2. The van der Waals surface area contributed by atoms with Gasteiger partial charge in [0.05, 0.1) is 30.3 Å². The van der Waals surface area contributed by atoms with E-state index in [-0.39, 0.29) is 25.7 Å². The van der Waals surface area contributed by atoms with Crippen molar-refractivity contribution in [3.05, 3.63) is 35.9 Å². The molecule has 0 unspecified atom stereocenters. The number of hydrogen-bond donors (Lipinski definition) is 0. The fourth-order valence-corrected chi connectivity index (χ4v) is 2.61. The molecular formula is C17H22NO5-. The molecule has 0 N–H and O–H groups in total. The Hall–Kier alpha value is -2.08. The number of benzene rings is 1. The number of aliphatic carboxylic acids is 1. The highest BCUT2D eigenvalue weighted by atomic mass is 16.6. The van der Waals surface area contributed by atoms with Crippen LogP contribution in [0.25, 0.3) is 0 Å². The smallest absolute Gasteiger partial charge is 0.410 e. The minimum atomic E-state index is -1.29. The van der Waals surface area contributed by atoms with Crippen LogP contribution in [0.3, 0.4) is 0 Å². The Balaban J connectivity index is 1.97. The predicted octanol–water partition coefficient (Wildman–Crippen LogP) is 1.33. The zero-order chi connectivity index (χ0) is 17.0. The summed E-state index contributed by atoms with van der Waals surface area (Å²) < 4.78 is 11.0. The normalized spacial score (nSPS) is 21.3. The first-order valence-electron chi connectivity index (χ1n) is 7.62. The second-order valence-electron chi connectivity index (χ2n) is 6.62. The summed E-state index contributed by atoms with van der Waals surface area (Å²) in [5.74, 6) is -1.29. The van der Waals surface area contributed by atoms with E-state index in [1.165, 1.54) is 4.90 Å². The molecule has 0 aliphatic carbocycles. The number of rotatable bonds is 4. The lowest BCUT2D eigenvalue weighted by Crippen LogP contribution is -2.47. The van der Waals surface area contributed by atoms with Crippen molar-refractivity contribution in [1.82, 2.24) is 4.90 Å². The summed E-state index contributed by atoms with van der Waals surface area (Å²) in [5, 5.41) is 11.3. The first-order chi connectivity index (χ1) is 10.8. The second-order valence-corrected chi connectivity index (χ2v) is 6.62. The van der Waals surface area contributed by atoms with Crippen molar-refractivity contribution in [3.8, 4) is 0 Å². The van der Waals surface area contributed by atoms with Gasteiger partial charge in [-0.1, -0.05) is 30.3 Å². The molecule has 6 heteroatoms. The molecule has 1 fully saturated rings. The summed E-state index contributed by atoms with van der Waals surface area (Å²) >= 11 is 0. The first kappa shape index (κ1) is 17.3. The third-order valence-corrected chi connectivity index (χ3v) is 3.49. The van der Waals surface area contributed by atoms with Crippen molar-refractivity contribution < 1.29 is 24.2 Å². The highest BCUT2D eigenvalue weighted by Gasteiger charge is 2.39. The number of carboxylic acids is 1. The number of likely N-dealkylation sites (tertiary alicyclic amines) is 1. The van der Waals surface area contributed by atoms with Crippen molar-refractivity contribution in [2.45, 2.75) is 51.5 Å². The van der Waals surface area contributed by atoms with Gasteiger partial charge in [0, 0.05) is 6.42 Å². The third-order valence-electron chi connectivity index (χ3n) is 3.49. The van der Waals surface area contributed by atoms with Crippen LogP contribution in [-0.4, -0.2) is 41.3 Å². The molecular weight excluding hydrogens is 298 g/mol. The molecule has 0 spiro atoms. The van der Waals surface area contributed by atoms with E-state index in [4.69, 9.17) is 9.47 Å². The molecule has 0 radical (unpaired) electrons. The van der Waals surface area contributed by atoms with E-state index < -0.39 is 23.7 Å². The van der Waals surface area contributed by atoms with Gasteiger partial charge in [0.2, 0.25) is 0 Å². The number of carbonyl (C=O) groups excluding carboxylic acids is 2. The number of carboxylic acid groups (broad SMARTS) is 1. The van der Waals surface area contributed by atoms with Gasteiger partial charge in [0.15, 0.2) is 0 Å². The molecule has 1 amide bonds. The molecule has 1 aromatic rings. The van der Waals surface area contributed by atoms with Crippen molar-refractivity contribution in [3.63, 3.8) is 0 Å². The van der Waals surface area contributed by atoms with Crippen LogP contribution in [0.2, 0.25) is 0 Å². The molecule has 2 rings (SSSR count). The molecule has 6 nitrogen and oxygen atoms in total. The molecule has 0 bridgehead atoms. The topological polar surface area (TPSA) is 78.9 Å². The fourth-order valence-electron chi connectivity index (χ4n) is 2.61. The number of hydrogen-bond acceptors (Lipinski definition) is 5. The molecule has 0 saturated carbocycles. The summed E-state index contributed by atoms with van der Waals surface area (Å²) in [6.45, 7) is 5.94. The first-order valence-corrected chi connectivity index (χ1v) is 7.62. The van der Waals surface area contributed by atoms with Crippen LogP contribution in [-0.2, 0) is 20.9 Å². The molecule has 126 valence electrons. The van der Waals surface area contributed by atoms with Gasteiger partial charge in [-0.05, 0) is 26.3 Å².